The van der Waals surface area contributed by atoms with Crippen molar-refractivity contribution in [2.45, 2.75) is 30.8 Å². The molecule has 0 spiro atoms. The van der Waals surface area contributed by atoms with Gasteiger partial charge < -0.3 is 5.32 Å². The Morgan fingerprint density at radius 1 is 1.28 bits per heavy atom. The zero-order valence-electron chi connectivity index (χ0n) is 9.96. The second-order valence-electron chi connectivity index (χ2n) is 4.44. The van der Waals surface area contributed by atoms with Crippen LogP contribution >= 0.6 is 11.8 Å². The minimum absolute atomic E-state index is 0.146. The van der Waals surface area contributed by atoms with Crippen molar-refractivity contribution in [1.29, 1.82) is 0 Å². The molecule has 1 aliphatic rings. The van der Waals surface area contributed by atoms with E-state index in [-0.39, 0.29) is 12.5 Å². The quantitative estimate of drug-likeness (QED) is 0.836. The van der Waals surface area contributed by atoms with Gasteiger partial charge in [0.1, 0.15) is 0 Å². The van der Waals surface area contributed by atoms with Gasteiger partial charge in [-0.05, 0) is 24.1 Å². The van der Waals surface area contributed by atoms with E-state index in [0.29, 0.717) is 6.54 Å². The first-order chi connectivity index (χ1) is 8.56. The molecule has 1 aliphatic heterocycles. The first-order valence-electron chi connectivity index (χ1n) is 6.02. The number of halogens is 3. The number of fused-ring (bicyclic) bond motifs is 1. The van der Waals surface area contributed by atoms with E-state index in [4.69, 9.17) is 0 Å². The highest BCUT2D eigenvalue weighted by molar-refractivity contribution is 7.98. The van der Waals surface area contributed by atoms with Gasteiger partial charge in [-0.1, -0.05) is 24.3 Å². The molecular formula is C13H16F3NS. The summed E-state index contributed by atoms with van der Waals surface area (Å²) in [5.74, 6) is 1.93. The third kappa shape index (κ3) is 3.92. The Labute approximate surface area is 109 Å². The van der Waals surface area contributed by atoms with Gasteiger partial charge in [-0.3, -0.25) is 0 Å². The number of alkyl halides is 3. The summed E-state index contributed by atoms with van der Waals surface area (Å²) in [6.45, 7) is 0.416. The molecule has 100 valence electrons. The average Bonchev–Trinajstić information content (AvgIpc) is 2.33. The number of hydrogen-bond donors (Lipinski definition) is 1. The summed E-state index contributed by atoms with van der Waals surface area (Å²) >= 11 is 1.82. The minimum atomic E-state index is -4.04. The molecule has 18 heavy (non-hydrogen) atoms. The van der Waals surface area contributed by atoms with Crippen LogP contribution in [0.1, 0.15) is 30.0 Å². The van der Waals surface area contributed by atoms with Crippen LogP contribution in [0.5, 0.6) is 0 Å². The Morgan fingerprint density at radius 2 is 2.06 bits per heavy atom. The van der Waals surface area contributed by atoms with Crippen LogP contribution in [0.2, 0.25) is 0 Å². The van der Waals surface area contributed by atoms with Crippen molar-refractivity contribution >= 4 is 11.8 Å². The molecule has 1 aromatic carbocycles. The summed E-state index contributed by atoms with van der Waals surface area (Å²) in [5.41, 5.74) is 2.53. The van der Waals surface area contributed by atoms with E-state index < -0.39 is 12.6 Å². The minimum Gasteiger partial charge on any atom is -0.309 e. The normalized spacial score (nSPS) is 19.6. The molecule has 2 rings (SSSR count). The molecule has 1 nitrogen and oxygen atoms in total. The van der Waals surface area contributed by atoms with Crippen molar-refractivity contribution in [3.8, 4) is 0 Å². The van der Waals surface area contributed by atoms with Crippen LogP contribution in [0, 0.1) is 0 Å². The van der Waals surface area contributed by atoms with Crippen LogP contribution in [0.3, 0.4) is 0 Å². The lowest BCUT2D eigenvalue weighted by Gasteiger charge is -2.26. The standard InChI is InChI=1S/C13H16F3NS/c14-13(15,16)6-3-7-17-12-9-18-8-10-4-1-2-5-11(10)12/h1-2,4-5,12,17H,3,6-9H2. The predicted molar refractivity (Wildman–Crippen MR) is 68.6 cm³/mol. The van der Waals surface area contributed by atoms with Crippen LogP contribution in [-0.4, -0.2) is 18.5 Å². The second-order valence-corrected chi connectivity index (χ2v) is 5.47. The van der Waals surface area contributed by atoms with Crippen LogP contribution in [-0.2, 0) is 5.75 Å². The maximum absolute atomic E-state index is 12.0. The first kappa shape index (κ1) is 13.7. The fraction of sp³-hybridized carbons (Fsp3) is 0.538. The summed E-state index contributed by atoms with van der Waals surface area (Å²) in [6.07, 6.45) is -4.60. The Bertz CT molecular complexity index is 392. The molecule has 0 radical (unpaired) electrons. The van der Waals surface area contributed by atoms with E-state index in [1.54, 1.807) is 0 Å². The van der Waals surface area contributed by atoms with E-state index in [9.17, 15) is 13.2 Å². The number of hydrogen-bond acceptors (Lipinski definition) is 2. The van der Waals surface area contributed by atoms with E-state index in [1.807, 2.05) is 23.9 Å². The van der Waals surface area contributed by atoms with Gasteiger partial charge in [0.25, 0.3) is 0 Å². The molecule has 1 heterocycles. The molecule has 1 atom stereocenters. The van der Waals surface area contributed by atoms with E-state index in [0.717, 1.165) is 11.5 Å². The van der Waals surface area contributed by atoms with Crippen LogP contribution in [0.15, 0.2) is 24.3 Å². The van der Waals surface area contributed by atoms with E-state index in [2.05, 4.69) is 17.4 Å². The highest BCUT2D eigenvalue weighted by Crippen LogP contribution is 2.31. The van der Waals surface area contributed by atoms with Crippen LogP contribution in [0.4, 0.5) is 13.2 Å². The third-order valence-corrected chi connectivity index (χ3v) is 4.08. The monoisotopic (exact) mass is 275 g/mol. The van der Waals surface area contributed by atoms with Crippen molar-refractivity contribution < 1.29 is 13.2 Å². The van der Waals surface area contributed by atoms with Crippen LogP contribution in [0.25, 0.3) is 0 Å². The molecular weight excluding hydrogens is 259 g/mol. The number of benzene rings is 1. The maximum Gasteiger partial charge on any atom is 0.389 e. The number of nitrogens with one attached hydrogen (secondary N) is 1. The van der Waals surface area contributed by atoms with Crippen molar-refractivity contribution in [3.63, 3.8) is 0 Å². The SMILES string of the molecule is FC(F)(F)CCCNC1CSCc2ccccc21. The molecule has 1 unspecified atom stereocenters. The Morgan fingerprint density at radius 3 is 2.83 bits per heavy atom. The molecule has 0 aromatic heterocycles. The van der Waals surface area contributed by atoms with Crippen molar-refractivity contribution in [1.82, 2.24) is 5.32 Å². The lowest BCUT2D eigenvalue weighted by atomic mass is 10.0. The topological polar surface area (TPSA) is 12.0 Å². The molecule has 0 saturated heterocycles. The first-order valence-corrected chi connectivity index (χ1v) is 7.17. The van der Waals surface area contributed by atoms with Gasteiger partial charge in [0.15, 0.2) is 0 Å². The summed E-state index contributed by atoms with van der Waals surface area (Å²) in [6, 6.07) is 8.33. The smallest absolute Gasteiger partial charge is 0.309 e. The fourth-order valence-corrected chi connectivity index (χ4v) is 3.25. The van der Waals surface area contributed by atoms with E-state index >= 15 is 0 Å². The molecule has 0 amide bonds. The van der Waals surface area contributed by atoms with Gasteiger partial charge in [-0.25, -0.2) is 0 Å². The molecule has 1 aromatic rings. The second kappa shape index (κ2) is 5.97. The Hall–Kier alpha value is -0.680. The van der Waals surface area contributed by atoms with E-state index in [1.165, 1.54) is 11.1 Å². The fourth-order valence-electron chi connectivity index (χ4n) is 2.12. The molecule has 5 heteroatoms. The van der Waals surface area contributed by atoms with Gasteiger partial charge in [-0.15, -0.1) is 0 Å². The molecule has 0 aliphatic carbocycles. The van der Waals surface area contributed by atoms with Crippen LogP contribution < -0.4 is 5.32 Å². The highest BCUT2D eigenvalue weighted by Gasteiger charge is 2.26. The van der Waals surface area contributed by atoms with Gasteiger partial charge in [0.2, 0.25) is 0 Å². The molecule has 0 saturated carbocycles. The molecule has 0 fully saturated rings. The summed E-state index contributed by atoms with van der Waals surface area (Å²) in [5, 5.41) is 3.23. The summed E-state index contributed by atoms with van der Waals surface area (Å²) in [4.78, 5) is 0. The predicted octanol–water partition coefficient (Wildman–Crippen LogP) is 3.91. The van der Waals surface area contributed by atoms with Crippen molar-refractivity contribution in [3.05, 3.63) is 35.4 Å². The highest BCUT2D eigenvalue weighted by atomic mass is 32.2. The van der Waals surface area contributed by atoms with Gasteiger partial charge in [0.05, 0.1) is 0 Å². The van der Waals surface area contributed by atoms with Crippen molar-refractivity contribution in [2.24, 2.45) is 0 Å². The summed E-state index contributed by atoms with van der Waals surface area (Å²) < 4.78 is 36.1. The zero-order valence-corrected chi connectivity index (χ0v) is 10.8. The van der Waals surface area contributed by atoms with Gasteiger partial charge in [0, 0.05) is 24.0 Å². The molecule has 0 bridgehead atoms. The lowest BCUT2D eigenvalue weighted by molar-refractivity contribution is -0.135. The number of rotatable bonds is 4. The molecule has 1 N–H and O–H groups in total. The zero-order chi connectivity index (χ0) is 13.0. The lowest BCUT2D eigenvalue weighted by Crippen LogP contribution is -2.28. The largest absolute Gasteiger partial charge is 0.389 e. The van der Waals surface area contributed by atoms with Crippen molar-refractivity contribution in [2.75, 3.05) is 12.3 Å². The Balaban J connectivity index is 1.84. The average molecular weight is 275 g/mol. The van der Waals surface area contributed by atoms with Gasteiger partial charge in [-0.2, -0.15) is 24.9 Å². The Kier molecular flexibility index (Phi) is 4.56. The third-order valence-electron chi connectivity index (χ3n) is 3.00. The summed E-state index contributed by atoms with van der Waals surface area (Å²) in [7, 11) is 0. The van der Waals surface area contributed by atoms with Gasteiger partial charge >= 0.3 is 6.18 Å². The maximum atomic E-state index is 12.0. The number of thioether (sulfide) groups is 1.